The predicted octanol–water partition coefficient (Wildman–Crippen LogP) is 3.84. The van der Waals surface area contributed by atoms with E-state index in [0.29, 0.717) is 0 Å². The van der Waals surface area contributed by atoms with E-state index >= 15 is 0 Å². The molecule has 0 saturated carbocycles. The molecule has 3 rings (SSSR count). The third-order valence-corrected chi connectivity index (χ3v) is 10.5. The van der Waals surface area contributed by atoms with Gasteiger partial charge in [0.2, 0.25) is 0 Å². The smallest absolute Gasteiger partial charge is 0.261 e. The van der Waals surface area contributed by atoms with Crippen LogP contribution in [-0.4, -0.2) is 38.7 Å². The van der Waals surface area contributed by atoms with Gasteiger partial charge >= 0.3 is 0 Å². The van der Waals surface area contributed by atoms with Gasteiger partial charge in [-0.2, -0.15) is 0 Å². The zero-order valence-corrected chi connectivity index (χ0v) is 19.6. The second kappa shape index (κ2) is 8.59. The van der Waals surface area contributed by atoms with Gasteiger partial charge in [-0.25, -0.2) is 0 Å². The highest BCUT2D eigenvalue weighted by molar-refractivity contribution is 6.99. The van der Waals surface area contributed by atoms with Crippen molar-refractivity contribution in [3.63, 3.8) is 0 Å². The van der Waals surface area contributed by atoms with Crippen molar-refractivity contribution in [2.24, 2.45) is 0 Å². The van der Waals surface area contributed by atoms with E-state index in [2.05, 4.69) is 51.6 Å². The molecule has 0 bridgehead atoms. The molecule has 4 nitrogen and oxygen atoms in total. The molecule has 2 aromatic rings. The van der Waals surface area contributed by atoms with Crippen LogP contribution in [0.5, 0.6) is 0 Å². The van der Waals surface area contributed by atoms with Crippen LogP contribution in [0.3, 0.4) is 0 Å². The molecule has 30 heavy (non-hydrogen) atoms. The summed E-state index contributed by atoms with van der Waals surface area (Å²) in [7, 11) is -2.77. The lowest BCUT2D eigenvalue weighted by molar-refractivity contribution is -0.154. The summed E-state index contributed by atoms with van der Waals surface area (Å²) in [4.78, 5) is 13.2. The van der Waals surface area contributed by atoms with Gasteiger partial charge in [-0.3, -0.25) is 4.79 Å². The van der Waals surface area contributed by atoms with E-state index in [9.17, 15) is 4.79 Å². The fraction of sp³-hybridized carbons (Fsp3) is 0.400. The van der Waals surface area contributed by atoms with E-state index in [1.54, 1.807) is 19.9 Å². The second-order valence-corrected chi connectivity index (χ2v) is 13.5. The summed E-state index contributed by atoms with van der Waals surface area (Å²) in [6.07, 6.45) is 0.436. The monoisotopic (exact) mass is 424 g/mol. The van der Waals surface area contributed by atoms with Crippen LogP contribution in [0.2, 0.25) is 5.04 Å². The number of ether oxygens (including phenoxy) is 2. The molecule has 1 saturated heterocycles. The van der Waals surface area contributed by atoms with E-state index in [1.165, 1.54) is 0 Å². The lowest BCUT2D eigenvalue weighted by Crippen LogP contribution is -2.67. The Bertz CT molecular complexity index is 832. The second-order valence-electron chi connectivity index (χ2n) is 9.17. The van der Waals surface area contributed by atoms with Crippen molar-refractivity contribution >= 4 is 24.5 Å². The zero-order chi connectivity index (χ0) is 22.0. The third-order valence-electron chi connectivity index (χ3n) is 5.53. The van der Waals surface area contributed by atoms with Gasteiger partial charge in [-0.1, -0.05) is 87.5 Å². The topological polar surface area (TPSA) is 44.8 Å². The van der Waals surface area contributed by atoms with Gasteiger partial charge in [-0.15, -0.1) is 6.58 Å². The van der Waals surface area contributed by atoms with Gasteiger partial charge < -0.3 is 13.9 Å². The molecule has 1 aliphatic rings. The number of carbonyl (C=O) groups is 1. The Kier molecular flexibility index (Phi) is 6.48. The fourth-order valence-electron chi connectivity index (χ4n) is 4.23. The molecular weight excluding hydrogens is 392 g/mol. The molecule has 1 aliphatic heterocycles. The Morgan fingerprint density at radius 3 is 1.97 bits per heavy atom. The number of benzene rings is 2. The maximum atomic E-state index is 13.2. The Morgan fingerprint density at radius 1 is 1.03 bits per heavy atom. The van der Waals surface area contributed by atoms with Gasteiger partial charge in [0.25, 0.3) is 8.32 Å². The summed E-state index contributed by atoms with van der Waals surface area (Å²) in [5.41, 5.74) is 0. The normalized spacial score (nSPS) is 21.4. The number of ketones is 1. The van der Waals surface area contributed by atoms with Crippen molar-refractivity contribution in [1.82, 2.24) is 0 Å². The maximum Gasteiger partial charge on any atom is 0.261 e. The van der Waals surface area contributed by atoms with Crippen molar-refractivity contribution in [3.8, 4) is 0 Å². The number of Topliss-reactive ketones (excluding diaryl/α,β-unsaturated/α-hetero) is 1. The van der Waals surface area contributed by atoms with Crippen LogP contribution >= 0.6 is 0 Å². The van der Waals surface area contributed by atoms with E-state index in [0.717, 1.165) is 10.4 Å². The molecule has 0 aromatic heterocycles. The molecule has 0 unspecified atom stereocenters. The number of carbonyl (C=O) groups excluding carboxylic acids is 1. The van der Waals surface area contributed by atoms with E-state index < -0.39 is 26.3 Å². The van der Waals surface area contributed by atoms with Crippen LogP contribution in [-0.2, 0) is 18.7 Å². The first-order valence-corrected chi connectivity index (χ1v) is 12.3. The van der Waals surface area contributed by atoms with Gasteiger partial charge in [0.05, 0.1) is 6.61 Å². The molecule has 0 amide bonds. The predicted molar refractivity (Wildman–Crippen MR) is 123 cm³/mol. The fourth-order valence-corrected chi connectivity index (χ4v) is 8.75. The summed E-state index contributed by atoms with van der Waals surface area (Å²) in [5.74, 6) is -0.949. The van der Waals surface area contributed by atoms with E-state index in [-0.39, 0.29) is 17.4 Å². The van der Waals surface area contributed by atoms with Crippen LogP contribution in [0.1, 0.15) is 34.6 Å². The minimum atomic E-state index is -2.77. The van der Waals surface area contributed by atoms with Crippen LogP contribution in [0.4, 0.5) is 0 Å². The molecule has 2 aromatic carbocycles. The Hall–Kier alpha value is -2.05. The zero-order valence-electron chi connectivity index (χ0n) is 18.6. The van der Waals surface area contributed by atoms with Gasteiger partial charge in [0, 0.05) is 0 Å². The minimum absolute atomic E-state index is 0.0400. The lowest BCUT2D eigenvalue weighted by Gasteiger charge is -2.43. The molecule has 0 radical (unpaired) electrons. The highest BCUT2D eigenvalue weighted by atomic mass is 28.4. The number of hydrogen-bond donors (Lipinski definition) is 0. The van der Waals surface area contributed by atoms with Crippen molar-refractivity contribution in [3.05, 3.63) is 73.3 Å². The summed E-state index contributed by atoms with van der Waals surface area (Å²) in [6.45, 7) is 13.9. The van der Waals surface area contributed by atoms with Crippen LogP contribution < -0.4 is 10.4 Å². The van der Waals surface area contributed by atoms with E-state index in [4.69, 9.17) is 13.9 Å². The molecule has 5 heteroatoms. The maximum absolute atomic E-state index is 13.2. The van der Waals surface area contributed by atoms with Crippen molar-refractivity contribution in [2.75, 3.05) is 6.61 Å². The molecular formula is C25H32O4Si. The lowest BCUT2D eigenvalue weighted by atomic mass is 10.1. The summed E-state index contributed by atoms with van der Waals surface area (Å²) >= 11 is 0. The third kappa shape index (κ3) is 4.35. The van der Waals surface area contributed by atoms with Crippen molar-refractivity contribution in [2.45, 2.75) is 57.7 Å². The summed E-state index contributed by atoms with van der Waals surface area (Å²) in [6, 6.07) is 20.6. The largest absolute Gasteiger partial charge is 0.400 e. The summed E-state index contributed by atoms with van der Waals surface area (Å²) in [5, 5.41) is 2.08. The highest BCUT2D eigenvalue weighted by Gasteiger charge is 2.51. The SMILES string of the molecule is C=C[C@@H]1OC(C)(C)O[C@@H]1C(=O)CO[Si](c1ccccc1)(c1ccccc1)C(C)(C)C. The quantitative estimate of drug-likeness (QED) is 0.500. The summed E-state index contributed by atoms with van der Waals surface area (Å²) < 4.78 is 18.4. The molecule has 1 heterocycles. The molecule has 0 spiro atoms. The Balaban J connectivity index is 1.98. The molecule has 1 fully saturated rings. The van der Waals surface area contributed by atoms with Gasteiger partial charge in [0.1, 0.15) is 6.10 Å². The number of rotatable bonds is 7. The van der Waals surface area contributed by atoms with Crippen LogP contribution in [0.25, 0.3) is 0 Å². The van der Waals surface area contributed by atoms with Crippen molar-refractivity contribution < 1.29 is 18.7 Å². The Morgan fingerprint density at radius 2 is 1.53 bits per heavy atom. The van der Waals surface area contributed by atoms with Crippen LogP contribution in [0.15, 0.2) is 73.3 Å². The highest BCUT2D eigenvalue weighted by Crippen LogP contribution is 2.37. The standard InChI is InChI=1S/C25H32O4Si/c1-7-22-23(29-25(5,6)28-22)21(26)18-27-30(24(2,3)4,19-14-10-8-11-15-19)20-16-12-9-13-17-20/h7-17,22-23H,1,18H2,2-6H3/t22-,23+/m0/s1. The average Bonchev–Trinajstić information content (AvgIpc) is 3.04. The van der Waals surface area contributed by atoms with Gasteiger partial charge in [-0.05, 0) is 29.3 Å². The van der Waals surface area contributed by atoms with Gasteiger partial charge in [0.15, 0.2) is 17.7 Å². The van der Waals surface area contributed by atoms with Crippen LogP contribution in [0, 0.1) is 0 Å². The molecule has 0 aliphatic carbocycles. The first-order chi connectivity index (χ1) is 14.1. The molecule has 2 atom stereocenters. The van der Waals surface area contributed by atoms with E-state index in [1.807, 2.05) is 36.4 Å². The molecule has 160 valence electrons. The minimum Gasteiger partial charge on any atom is -0.400 e. The first kappa shape index (κ1) is 22.6. The molecule has 0 N–H and O–H groups in total. The number of hydrogen-bond acceptors (Lipinski definition) is 4. The average molecular weight is 425 g/mol. The van der Waals surface area contributed by atoms with Crippen molar-refractivity contribution in [1.29, 1.82) is 0 Å². The Labute approximate surface area is 181 Å². The first-order valence-electron chi connectivity index (χ1n) is 10.4.